The van der Waals surface area contributed by atoms with Crippen molar-refractivity contribution >= 4 is 44.4 Å². The largest absolute Gasteiger partial charge is 0.313 e. The van der Waals surface area contributed by atoms with Crippen LogP contribution in [0, 0.1) is 0 Å². The second-order valence-corrected chi connectivity index (χ2v) is 11.7. The van der Waals surface area contributed by atoms with Gasteiger partial charge >= 0.3 is 0 Å². The van der Waals surface area contributed by atoms with Crippen molar-refractivity contribution in [2.45, 2.75) is 12.8 Å². The van der Waals surface area contributed by atoms with Crippen LogP contribution in [0.3, 0.4) is 0 Å². The van der Waals surface area contributed by atoms with Crippen molar-refractivity contribution in [2.75, 3.05) is 0 Å². The number of allylic oxidation sites excluding steroid dienone is 1. The molecule has 0 saturated heterocycles. The summed E-state index contributed by atoms with van der Waals surface area (Å²) in [6.07, 6.45) is 4.47. The van der Waals surface area contributed by atoms with Gasteiger partial charge in [-0.1, -0.05) is 103 Å². The van der Waals surface area contributed by atoms with Crippen LogP contribution >= 0.6 is 0 Å². The fourth-order valence-corrected chi connectivity index (χ4v) is 7.23. The third-order valence-electron chi connectivity index (χ3n) is 9.23. The smallest absolute Gasteiger partial charge is 0.0541 e. The molecule has 1 aliphatic carbocycles. The van der Waals surface area contributed by atoms with Gasteiger partial charge in [0.1, 0.15) is 0 Å². The molecule has 0 spiro atoms. The van der Waals surface area contributed by atoms with Gasteiger partial charge in [-0.05, 0) is 89.7 Å². The Morgan fingerprint density at radius 1 is 0.386 bits per heavy atom. The second-order valence-electron chi connectivity index (χ2n) is 11.7. The molecule has 0 radical (unpaired) electrons. The van der Waals surface area contributed by atoms with Crippen molar-refractivity contribution in [3.05, 3.63) is 168 Å². The average molecular weight is 563 g/mol. The number of rotatable bonds is 4. The summed E-state index contributed by atoms with van der Waals surface area (Å²) in [6, 6.07) is 55.1. The van der Waals surface area contributed by atoms with Crippen LogP contribution in [0.5, 0.6) is 0 Å². The molecule has 8 aromatic rings. The van der Waals surface area contributed by atoms with Crippen LogP contribution in [0.15, 0.2) is 152 Å². The fraction of sp³-hybridized carbons (Fsp3) is 0.0476. The number of nitrogens with zero attached hydrogens (tertiary/aromatic N) is 2. The van der Waals surface area contributed by atoms with Gasteiger partial charge in [0, 0.05) is 38.8 Å². The maximum Gasteiger partial charge on any atom is 0.0541 e. The summed E-state index contributed by atoms with van der Waals surface area (Å²) in [5.41, 5.74) is 14.0. The minimum absolute atomic E-state index is 1.01. The Morgan fingerprint density at radius 3 is 1.82 bits per heavy atom. The molecule has 0 atom stereocenters. The third kappa shape index (κ3) is 3.88. The van der Waals surface area contributed by atoms with Crippen LogP contribution in [-0.4, -0.2) is 9.13 Å². The molecule has 2 nitrogen and oxygen atoms in total. The molecule has 1 aliphatic rings. The number of hydrogen-bond donors (Lipinski definition) is 0. The van der Waals surface area contributed by atoms with E-state index < -0.39 is 0 Å². The van der Waals surface area contributed by atoms with Gasteiger partial charge in [-0.3, -0.25) is 0 Å². The first-order valence-electron chi connectivity index (χ1n) is 15.4. The molecule has 0 amide bonds. The molecule has 0 aliphatic heterocycles. The molecule has 9 rings (SSSR count). The van der Waals surface area contributed by atoms with Crippen LogP contribution in [0.1, 0.15) is 23.2 Å². The van der Waals surface area contributed by atoms with Crippen molar-refractivity contribution in [3.63, 3.8) is 0 Å². The van der Waals surface area contributed by atoms with E-state index in [9.17, 15) is 0 Å². The standard InChI is InChI=1S/C42H30N2/c1-3-12-29(13-4-1)31-22-24-42-37(27-31)36-19-8-10-21-40(36)44(42)34-17-11-14-30(26-34)32-23-25-41-38(28-32)35-18-7-9-20-39(35)43(41)33-15-5-2-6-16-33/h1-21,23,25-28H,22,24H2. The Hall–Kier alpha value is -5.60. The molecule has 0 unspecified atom stereocenters. The van der Waals surface area contributed by atoms with Gasteiger partial charge in [-0.25, -0.2) is 0 Å². The molecular formula is C42H30N2. The number of benzene rings is 6. The van der Waals surface area contributed by atoms with Crippen LogP contribution < -0.4 is 0 Å². The van der Waals surface area contributed by atoms with Gasteiger partial charge in [-0.2, -0.15) is 0 Å². The first-order valence-corrected chi connectivity index (χ1v) is 15.4. The lowest BCUT2D eigenvalue weighted by atomic mass is 9.91. The van der Waals surface area contributed by atoms with E-state index >= 15 is 0 Å². The molecule has 0 bridgehead atoms. The van der Waals surface area contributed by atoms with Crippen LogP contribution in [0.2, 0.25) is 0 Å². The Balaban J connectivity index is 1.20. The SMILES string of the molecule is C1=C(c2ccccc2)CCc2c1c1ccccc1n2-c1cccc(-c2ccc3c(c2)c2ccccc2n3-c2ccccc2)c1. The zero-order chi connectivity index (χ0) is 29.0. The minimum atomic E-state index is 1.01. The van der Waals surface area contributed by atoms with Gasteiger partial charge in [0.05, 0.1) is 16.6 Å². The van der Waals surface area contributed by atoms with E-state index in [4.69, 9.17) is 0 Å². The summed E-state index contributed by atoms with van der Waals surface area (Å²) in [7, 11) is 0. The van der Waals surface area contributed by atoms with E-state index in [0.29, 0.717) is 0 Å². The summed E-state index contributed by atoms with van der Waals surface area (Å²) in [5.74, 6) is 0. The van der Waals surface area contributed by atoms with Gasteiger partial charge in [0.15, 0.2) is 0 Å². The zero-order valence-electron chi connectivity index (χ0n) is 24.3. The number of aromatic nitrogens is 2. The second kappa shape index (κ2) is 10.00. The van der Waals surface area contributed by atoms with E-state index in [1.165, 1.54) is 77.6 Å². The van der Waals surface area contributed by atoms with E-state index in [2.05, 4.69) is 167 Å². The number of para-hydroxylation sites is 3. The molecular weight excluding hydrogens is 532 g/mol. The average Bonchev–Trinajstić information content (AvgIpc) is 3.61. The lowest BCUT2D eigenvalue weighted by Crippen LogP contribution is -2.05. The summed E-state index contributed by atoms with van der Waals surface area (Å²) < 4.78 is 4.87. The molecule has 208 valence electrons. The molecule has 44 heavy (non-hydrogen) atoms. The topological polar surface area (TPSA) is 9.86 Å². The Labute approximate surface area is 256 Å². The highest BCUT2D eigenvalue weighted by Crippen LogP contribution is 2.40. The molecule has 0 fully saturated rings. The molecule has 2 heteroatoms. The zero-order valence-corrected chi connectivity index (χ0v) is 24.3. The summed E-state index contributed by atoms with van der Waals surface area (Å²) >= 11 is 0. The molecule has 2 heterocycles. The van der Waals surface area contributed by atoms with Crippen molar-refractivity contribution in [1.29, 1.82) is 0 Å². The first kappa shape index (κ1) is 24.9. The van der Waals surface area contributed by atoms with E-state index in [0.717, 1.165) is 12.8 Å². The highest BCUT2D eigenvalue weighted by Gasteiger charge is 2.22. The van der Waals surface area contributed by atoms with Crippen LogP contribution in [-0.2, 0) is 6.42 Å². The quantitative estimate of drug-likeness (QED) is 0.202. The highest BCUT2D eigenvalue weighted by atomic mass is 15.0. The van der Waals surface area contributed by atoms with Gasteiger partial charge < -0.3 is 9.13 Å². The molecule has 0 saturated carbocycles. The van der Waals surface area contributed by atoms with Crippen molar-refractivity contribution in [3.8, 4) is 22.5 Å². The van der Waals surface area contributed by atoms with E-state index in [-0.39, 0.29) is 0 Å². The van der Waals surface area contributed by atoms with Crippen molar-refractivity contribution in [1.82, 2.24) is 9.13 Å². The Bertz CT molecular complexity index is 2370. The minimum Gasteiger partial charge on any atom is -0.313 e. The maximum absolute atomic E-state index is 2.49. The van der Waals surface area contributed by atoms with E-state index in [1.54, 1.807) is 0 Å². The predicted molar refractivity (Wildman–Crippen MR) is 186 cm³/mol. The van der Waals surface area contributed by atoms with Gasteiger partial charge in [-0.15, -0.1) is 0 Å². The van der Waals surface area contributed by atoms with Crippen molar-refractivity contribution < 1.29 is 0 Å². The summed E-state index contributed by atoms with van der Waals surface area (Å²) in [6.45, 7) is 0. The van der Waals surface area contributed by atoms with Crippen LogP contribution in [0.25, 0.3) is 66.9 Å². The lowest BCUT2D eigenvalue weighted by molar-refractivity contribution is 0.898. The Kier molecular flexibility index (Phi) is 5.67. The van der Waals surface area contributed by atoms with Crippen LogP contribution in [0.4, 0.5) is 0 Å². The lowest BCUT2D eigenvalue weighted by Gasteiger charge is -2.18. The number of fused-ring (bicyclic) bond motifs is 6. The Morgan fingerprint density at radius 2 is 1.00 bits per heavy atom. The highest BCUT2D eigenvalue weighted by molar-refractivity contribution is 6.10. The van der Waals surface area contributed by atoms with E-state index in [1.807, 2.05) is 0 Å². The van der Waals surface area contributed by atoms with Crippen molar-refractivity contribution in [2.24, 2.45) is 0 Å². The molecule has 2 aromatic heterocycles. The monoisotopic (exact) mass is 562 g/mol. The molecule has 6 aromatic carbocycles. The predicted octanol–water partition coefficient (Wildman–Crippen LogP) is 10.9. The maximum atomic E-state index is 2.49. The number of hydrogen-bond acceptors (Lipinski definition) is 0. The summed E-state index contributed by atoms with van der Waals surface area (Å²) in [5, 5.41) is 3.86. The van der Waals surface area contributed by atoms with Gasteiger partial charge in [0.25, 0.3) is 0 Å². The fourth-order valence-electron chi connectivity index (χ4n) is 7.23. The first-order chi connectivity index (χ1) is 21.8. The molecule has 0 N–H and O–H groups in total. The van der Waals surface area contributed by atoms with Gasteiger partial charge in [0.2, 0.25) is 0 Å². The normalized spacial score (nSPS) is 13.0. The summed E-state index contributed by atoms with van der Waals surface area (Å²) in [4.78, 5) is 0. The third-order valence-corrected chi connectivity index (χ3v) is 9.23.